The van der Waals surface area contributed by atoms with E-state index < -0.39 is 0 Å². The zero-order valence-corrected chi connectivity index (χ0v) is 14.3. The average molecular weight is 332 g/mol. The second-order valence-corrected chi connectivity index (χ2v) is 6.99. The standard InChI is InChI=1S/C19H25FN2O2/c1-14-6-7-16(13-17(14)20)19(24)22-10-8-21(9-11-22)18(23)12-15-4-2-3-5-15/h6-7,13,15H,2-5,8-12H2,1H3. The van der Waals surface area contributed by atoms with Crippen LogP contribution < -0.4 is 0 Å². The van der Waals surface area contributed by atoms with Gasteiger partial charge in [-0.25, -0.2) is 4.39 Å². The molecule has 1 saturated carbocycles. The van der Waals surface area contributed by atoms with Crippen molar-refractivity contribution in [3.63, 3.8) is 0 Å². The number of aryl methyl sites for hydroxylation is 1. The van der Waals surface area contributed by atoms with Crippen molar-refractivity contribution in [1.82, 2.24) is 9.80 Å². The molecule has 1 aromatic carbocycles. The molecule has 130 valence electrons. The van der Waals surface area contributed by atoms with Gasteiger partial charge in [0.25, 0.3) is 5.91 Å². The predicted molar refractivity (Wildman–Crippen MR) is 90.2 cm³/mol. The largest absolute Gasteiger partial charge is 0.339 e. The number of carbonyl (C=O) groups is 2. The Balaban J connectivity index is 1.53. The zero-order valence-electron chi connectivity index (χ0n) is 14.3. The lowest BCUT2D eigenvalue weighted by Crippen LogP contribution is -2.50. The van der Waals surface area contributed by atoms with Crippen LogP contribution in [-0.4, -0.2) is 47.8 Å². The summed E-state index contributed by atoms with van der Waals surface area (Å²) in [4.78, 5) is 28.4. The van der Waals surface area contributed by atoms with Gasteiger partial charge >= 0.3 is 0 Å². The number of hydrogen-bond donors (Lipinski definition) is 0. The summed E-state index contributed by atoms with van der Waals surface area (Å²) >= 11 is 0. The first kappa shape index (κ1) is 16.9. The number of halogens is 1. The van der Waals surface area contributed by atoms with Crippen LogP contribution in [0, 0.1) is 18.7 Å². The Labute approximate surface area is 142 Å². The molecule has 2 fully saturated rings. The Hall–Kier alpha value is -1.91. The van der Waals surface area contributed by atoms with Crippen molar-refractivity contribution in [3.05, 3.63) is 35.1 Å². The molecule has 0 unspecified atom stereocenters. The Bertz CT molecular complexity index is 618. The summed E-state index contributed by atoms with van der Waals surface area (Å²) in [6.45, 7) is 3.87. The molecular formula is C19H25FN2O2. The van der Waals surface area contributed by atoms with Gasteiger partial charge in [0.05, 0.1) is 0 Å². The molecule has 5 heteroatoms. The van der Waals surface area contributed by atoms with Crippen LogP contribution >= 0.6 is 0 Å². The van der Waals surface area contributed by atoms with E-state index in [0.717, 1.165) is 0 Å². The van der Waals surface area contributed by atoms with Gasteiger partial charge in [0.2, 0.25) is 5.91 Å². The highest BCUT2D eigenvalue weighted by atomic mass is 19.1. The SMILES string of the molecule is Cc1ccc(C(=O)N2CCN(C(=O)CC3CCCC3)CC2)cc1F. The summed E-state index contributed by atoms with van der Waals surface area (Å²) in [5.41, 5.74) is 0.915. The molecule has 2 aliphatic rings. The third kappa shape index (κ3) is 3.77. The van der Waals surface area contributed by atoms with Crippen molar-refractivity contribution in [3.8, 4) is 0 Å². The smallest absolute Gasteiger partial charge is 0.254 e. The second-order valence-electron chi connectivity index (χ2n) is 6.99. The number of hydrogen-bond acceptors (Lipinski definition) is 2. The van der Waals surface area contributed by atoms with Gasteiger partial charge in [-0.05, 0) is 43.4 Å². The molecule has 0 spiro atoms. The number of piperazine rings is 1. The summed E-state index contributed by atoms with van der Waals surface area (Å²) in [5, 5.41) is 0. The summed E-state index contributed by atoms with van der Waals surface area (Å²) < 4.78 is 13.6. The minimum atomic E-state index is -0.355. The van der Waals surface area contributed by atoms with Crippen LogP contribution in [0.5, 0.6) is 0 Å². The third-order valence-electron chi connectivity index (χ3n) is 5.28. The van der Waals surface area contributed by atoms with Crippen LogP contribution in [0.1, 0.15) is 48.0 Å². The normalized spacial score (nSPS) is 18.9. The van der Waals surface area contributed by atoms with Gasteiger partial charge in [-0.2, -0.15) is 0 Å². The Morgan fingerprint density at radius 2 is 1.71 bits per heavy atom. The quantitative estimate of drug-likeness (QED) is 0.854. The number of carbonyl (C=O) groups excluding carboxylic acids is 2. The molecule has 3 rings (SSSR count). The van der Waals surface area contributed by atoms with Gasteiger partial charge in [0.15, 0.2) is 0 Å². The van der Waals surface area contributed by atoms with E-state index in [2.05, 4.69) is 0 Å². The Kier molecular flexibility index (Phi) is 5.17. The van der Waals surface area contributed by atoms with Crippen molar-refractivity contribution in [1.29, 1.82) is 0 Å². The highest BCUT2D eigenvalue weighted by Crippen LogP contribution is 2.28. The Morgan fingerprint density at radius 3 is 2.33 bits per heavy atom. The minimum Gasteiger partial charge on any atom is -0.339 e. The summed E-state index contributed by atoms with van der Waals surface area (Å²) in [6, 6.07) is 4.59. The van der Waals surface area contributed by atoms with E-state index >= 15 is 0 Å². The highest BCUT2D eigenvalue weighted by Gasteiger charge is 2.27. The number of benzene rings is 1. The molecule has 2 amide bonds. The number of rotatable bonds is 3. The maximum absolute atomic E-state index is 13.6. The maximum Gasteiger partial charge on any atom is 0.254 e. The van der Waals surface area contributed by atoms with Crippen molar-refractivity contribution < 1.29 is 14.0 Å². The van der Waals surface area contributed by atoms with E-state index in [-0.39, 0.29) is 17.6 Å². The van der Waals surface area contributed by atoms with Crippen LogP contribution in [0.15, 0.2) is 18.2 Å². The zero-order chi connectivity index (χ0) is 17.1. The Morgan fingerprint density at radius 1 is 1.08 bits per heavy atom. The highest BCUT2D eigenvalue weighted by molar-refractivity contribution is 5.94. The molecule has 0 bridgehead atoms. The maximum atomic E-state index is 13.6. The molecule has 1 saturated heterocycles. The van der Waals surface area contributed by atoms with E-state index in [0.29, 0.717) is 49.6 Å². The fraction of sp³-hybridized carbons (Fsp3) is 0.579. The molecule has 24 heavy (non-hydrogen) atoms. The van der Waals surface area contributed by atoms with Crippen LogP contribution in [0.2, 0.25) is 0 Å². The monoisotopic (exact) mass is 332 g/mol. The molecule has 1 aliphatic heterocycles. The lowest BCUT2D eigenvalue weighted by atomic mass is 10.0. The third-order valence-corrected chi connectivity index (χ3v) is 5.28. The second kappa shape index (κ2) is 7.32. The van der Waals surface area contributed by atoms with Crippen LogP contribution in [0.4, 0.5) is 4.39 Å². The molecular weight excluding hydrogens is 307 g/mol. The molecule has 0 radical (unpaired) electrons. The molecule has 0 N–H and O–H groups in total. The van der Waals surface area contributed by atoms with E-state index in [4.69, 9.17) is 0 Å². The van der Waals surface area contributed by atoms with Gasteiger partial charge in [0.1, 0.15) is 5.82 Å². The predicted octanol–water partition coefficient (Wildman–Crippen LogP) is 3.00. The molecule has 1 aliphatic carbocycles. The van der Waals surface area contributed by atoms with Crippen LogP contribution in [0.25, 0.3) is 0 Å². The molecule has 1 heterocycles. The summed E-state index contributed by atoms with van der Waals surface area (Å²) in [5.74, 6) is 0.256. The van der Waals surface area contributed by atoms with Crippen molar-refractivity contribution in [2.45, 2.75) is 39.0 Å². The van der Waals surface area contributed by atoms with Crippen LogP contribution in [-0.2, 0) is 4.79 Å². The molecule has 0 atom stereocenters. The van der Waals surface area contributed by atoms with E-state index in [1.54, 1.807) is 24.0 Å². The fourth-order valence-corrected chi connectivity index (χ4v) is 3.66. The lowest BCUT2D eigenvalue weighted by molar-refractivity contribution is -0.133. The first-order valence-corrected chi connectivity index (χ1v) is 8.88. The van der Waals surface area contributed by atoms with E-state index in [1.807, 2.05) is 4.90 Å². The first-order chi connectivity index (χ1) is 11.5. The average Bonchev–Trinajstić information content (AvgIpc) is 3.10. The van der Waals surface area contributed by atoms with Crippen molar-refractivity contribution >= 4 is 11.8 Å². The van der Waals surface area contributed by atoms with Gasteiger partial charge in [-0.15, -0.1) is 0 Å². The van der Waals surface area contributed by atoms with Crippen molar-refractivity contribution in [2.24, 2.45) is 5.92 Å². The van der Waals surface area contributed by atoms with Gasteiger partial charge in [-0.1, -0.05) is 18.9 Å². The summed E-state index contributed by atoms with van der Waals surface area (Å²) in [6.07, 6.45) is 5.48. The van der Waals surface area contributed by atoms with Crippen LogP contribution in [0.3, 0.4) is 0 Å². The summed E-state index contributed by atoms with van der Waals surface area (Å²) in [7, 11) is 0. The molecule has 0 aromatic heterocycles. The van der Waals surface area contributed by atoms with E-state index in [1.165, 1.54) is 31.7 Å². The number of amides is 2. The van der Waals surface area contributed by atoms with Gasteiger partial charge in [0, 0.05) is 38.2 Å². The fourth-order valence-electron chi connectivity index (χ4n) is 3.66. The van der Waals surface area contributed by atoms with Gasteiger partial charge < -0.3 is 9.80 Å². The number of nitrogens with zero attached hydrogens (tertiary/aromatic N) is 2. The van der Waals surface area contributed by atoms with Crippen molar-refractivity contribution in [2.75, 3.05) is 26.2 Å². The molecule has 1 aromatic rings. The topological polar surface area (TPSA) is 40.6 Å². The molecule has 4 nitrogen and oxygen atoms in total. The first-order valence-electron chi connectivity index (χ1n) is 8.88. The lowest BCUT2D eigenvalue weighted by Gasteiger charge is -2.35. The van der Waals surface area contributed by atoms with E-state index in [9.17, 15) is 14.0 Å². The minimum absolute atomic E-state index is 0.156. The van der Waals surface area contributed by atoms with Gasteiger partial charge in [-0.3, -0.25) is 9.59 Å².